The number of hydrogen-bond acceptors (Lipinski definition) is 4. The fourth-order valence-corrected chi connectivity index (χ4v) is 3.43. The van der Waals surface area contributed by atoms with E-state index in [0.29, 0.717) is 19.5 Å². The lowest BCUT2D eigenvalue weighted by Gasteiger charge is -2.40. The number of rotatable bonds is 3. The maximum atomic E-state index is 11.8. The van der Waals surface area contributed by atoms with Gasteiger partial charge in [0, 0.05) is 13.1 Å². The second kappa shape index (κ2) is 4.33. The number of aliphatic carboxylic acids is 1. The summed E-state index contributed by atoms with van der Waals surface area (Å²) in [6.07, 6.45) is 0.492. The third-order valence-corrected chi connectivity index (χ3v) is 5.72. The fraction of sp³-hybridized carbons (Fsp3) is 0.900. The first-order chi connectivity index (χ1) is 7.21. The van der Waals surface area contributed by atoms with Gasteiger partial charge in [-0.2, -0.15) is 0 Å². The monoisotopic (exact) mass is 249 g/mol. The highest BCUT2D eigenvalue weighted by atomic mass is 32.2. The molecule has 6 heteroatoms. The first kappa shape index (κ1) is 13.4. The van der Waals surface area contributed by atoms with Gasteiger partial charge in [0.25, 0.3) is 0 Å². The molecule has 94 valence electrons. The van der Waals surface area contributed by atoms with E-state index in [1.54, 1.807) is 25.7 Å². The number of nitrogens with zero attached hydrogens (tertiary/aromatic N) is 1. The van der Waals surface area contributed by atoms with Crippen LogP contribution in [0.1, 0.15) is 27.2 Å². The van der Waals surface area contributed by atoms with Gasteiger partial charge in [-0.3, -0.25) is 9.69 Å². The van der Waals surface area contributed by atoms with Crippen molar-refractivity contribution in [3.05, 3.63) is 0 Å². The third-order valence-electron chi connectivity index (χ3n) is 3.19. The van der Waals surface area contributed by atoms with Crippen molar-refractivity contribution < 1.29 is 18.3 Å². The van der Waals surface area contributed by atoms with E-state index in [1.165, 1.54) is 0 Å². The van der Waals surface area contributed by atoms with E-state index in [0.717, 1.165) is 0 Å². The van der Waals surface area contributed by atoms with Gasteiger partial charge in [0.1, 0.15) is 6.04 Å². The van der Waals surface area contributed by atoms with E-state index in [2.05, 4.69) is 0 Å². The van der Waals surface area contributed by atoms with Crippen molar-refractivity contribution in [2.24, 2.45) is 0 Å². The summed E-state index contributed by atoms with van der Waals surface area (Å²) in [4.78, 5) is 12.8. The summed E-state index contributed by atoms with van der Waals surface area (Å²) >= 11 is 0. The van der Waals surface area contributed by atoms with Gasteiger partial charge in [-0.15, -0.1) is 0 Å². The van der Waals surface area contributed by atoms with Crippen molar-refractivity contribution >= 4 is 15.8 Å². The van der Waals surface area contributed by atoms with Gasteiger partial charge in [-0.05, 0) is 20.3 Å². The smallest absolute Gasteiger partial charge is 0.320 e. The Morgan fingerprint density at radius 3 is 2.44 bits per heavy atom. The Morgan fingerprint density at radius 2 is 2.06 bits per heavy atom. The predicted octanol–water partition coefficient (Wildman–Crippen LogP) is 0.359. The highest BCUT2D eigenvalue weighted by Gasteiger charge is 2.42. The van der Waals surface area contributed by atoms with Crippen LogP contribution in [0, 0.1) is 0 Å². The number of carboxylic acids is 1. The molecule has 0 saturated carbocycles. The summed E-state index contributed by atoms with van der Waals surface area (Å²) in [6.45, 7) is 5.72. The van der Waals surface area contributed by atoms with Gasteiger partial charge in [0.2, 0.25) is 0 Å². The molecule has 0 aromatic carbocycles. The molecule has 1 N–H and O–H groups in total. The van der Waals surface area contributed by atoms with E-state index in [9.17, 15) is 13.2 Å². The molecule has 0 aromatic heterocycles. The predicted molar refractivity (Wildman–Crippen MR) is 61.2 cm³/mol. The van der Waals surface area contributed by atoms with Crippen LogP contribution in [0.3, 0.4) is 0 Å². The molecule has 1 atom stereocenters. The number of hydrogen-bond donors (Lipinski definition) is 1. The molecular formula is C10H19NO4S. The summed E-state index contributed by atoms with van der Waals surface area (Å²) < 4.78 is 22.7. The Labute approximate surface area is 96.4 Å². The van der Waals surface area contributed by atoms with Gasteiger partial charge in [-0.1, -0.05) is 6.92 Å². The Hall–Kier alpha value is -0.620. The minimum atomic E-state index is -3.10. The summed E-state index contributed by atoms with van der Waals surface area (Å²) in [5, 5.41) is 9.03. The largest absolute Gasteiger partial charge is 0.480 e. The van der Waals surface area contributed by atoms with Crippen LogP contribution < -0.4 is 0 Å². The van der Waals surface area contributed by atoms with Crippen LogP contribution >= 0.6 is 0 Å². The fourth-order valence-electron chi connectivity index (χ4n) is 2.04. The Bertz CT molecular complexity index is 374. The molecule has 0 amide bonds. The zero-order valence-corrected chi connectivity index (χ0v) is 10.7. The first-order valence-corrected chi connectivity index (χ1v) is 7.05. The molecule has 1 fully saturated rings. The van der Waals surface area contributed by atoms with Gasteiger partial charge in [-0.25, -0.2) is 8.42 Å². The van der Waals surface area contributed by atoms with E-state index < -0.39 is 26.6 Å². The summed E-state index contributed by atoms with van der Waals surface area (Å²) in [7, 11) is -3.10. The molecular weight excluding hydrogens is 230 g/mol. The molecule has 0 spiro atoms. The van der Waals surface area contributed by atoms with Crippen molar-refractivity contribution in [2.75, 3.05) is 18.8 Å². The maximum absolute atomic E-state index is 11.8. The lowest BCUT2D eigenvalue weighted by molar-refractivity contribution is -0.143. The van der Waals surface area contributed by atoms with Crippen molar-refractivity contribution in [1.82, 2.24) is 4.90 Å². The second-order valence-electron chi connectivity index (χ2n) is 4.81. The summed E-state index contributed by atoms with van der Waals surface area (Å²) in [5.74, 6) is -0.832. The number of sulfone groups is 1. The molecule has 0 aromatic rings. The molecule has 1 heterocycles. The van der Waals surface area contributed by atoms with Gasteiger partial charge < -0.3 is 5.11 Å². The lowest BCUT2D eigenvalue weighted by atomic mass is 10.1. The second-order valence-corrected chi connectivity index (χ2v) is 7.55. The third kappa shape index (κ3) is 2.38. The standard InChI is InChI=1S/C10H19NO4S/c1-4-8(9(12)13)11-5-6-16(14,15)10(2,3)7-11/h8H,4-7H2,1-3H3,(H,12,13)/t8-/m0/s1. The molecule has 0 unspecified atom stereocenters. The molecule has 16 heavy (non-hydrogen) atoms. The van der Waals surface area contributed by atoms with Gasteiger partial charge in [0.15, 0.2) is 9.84 Å². The van der Waals surface area contributed by atoms with Crippen LogP contribution in [0.5, 0.6) is 0 Å². The van der Waals surface area contributed by atoms with Crippen LogP contribution in [0.4, 0.5) is 0 Å². The van der Waals surface area contributed by atoms with E-state index in [1.807, 2.05) is 0 Å². The minimum absolute atomic E-state index is 0.0454. The molecule has 1 saturated heterocycles. The van der Waals surface area contributed by atoms with E-state index >= 15 is 0 Å². The van der Waals surface area contributed by atoms with Crippen molar-refractivity contribution in [2.45, 2.75) is 38.0 Å². The average molecular weight is 249 g/mol. The number of carboxylic acid groups (broad SMARTS) is 1. The minimum Gasteiger partial charge on any atom is -0.480 e. The molecule has 1 aliphatic heterocycles. The zero-order chi connectivity index (χ0) is 12.6. The first-order valence-electron chi connectivity index (χ1n) is 5.40. The molecule has 0 aliphatic carbocycles. The zero-order valence-electron chi connectivity index (χ0n) is 9.93. The summed E-state index contributed by atoms with van der Waals surface area (Å²) in [5.41, 5.74) is 0. The average Bonchev–Trinajstić information content (AvgIpc) is 2.12. The van der Waals surface area contributed by atoms with E-state index in [4.69, 9.17) is 5.11 Å². The van der Waals surface area contributed by atoms with Crippen LogP contribution in [0.2, 0.25) is 0 Å². The maximum Gasteiger partial charge on any atom is 0.320 e. The Morgan fingerprint density at radius 1 is 1.50 bits per heavy atom. The molecule has 0 bridgehead atoms. The van der Waals surface area contributed by atoms with Crippen LogP contribution in [-0.4, -0.2) is 54.0 Å². The molecule has 1 rings (SSSR count). The summed E-state index contributed by atoms with van der Waals surface area (Å²) in [6, 6.07) is -0.574. The molecule has 5 nitrogen and oxygen atoms in total. The normalized spacial score (nSPS) is 26.2. The molecule has 1 aliphatic rings. The van der Waals surface area contributed by atoms with Crippen molar-refractivity contribution in [3.63, 3.8) is 0 Å². The van der Waals surface area contributed by atoms with Gasteiger partial charge >= 0.3 is 5.97 Å². The number of carbonyl (C=O) groups is 1. The van der Waals surface area contributed by atoms with Crippen molar-refractivity contribution in [1.29, 1.82) is 0 Å². The quantitative estimate of drug-likeness (QED) is 0.781. The Kier molecular flexibility index (Phi) is 3.64. The SMILES string of the molecule is CC[C@@H](C(=O)O)N1CCS(=O)(=O)C(C)(C)C1. The highest BCUT2D eigenvalue weighted by Crippen LogP contribution is 2.25. The van der Waals surface area contributed by atoms with Crippen LogP contribution in [0.25, 0.3) is 0 Å². The lowest BCUT2D eigenvalue weighted by Crippen LogP contribution is -2.57. The topological polar surface area (TPSA) is 74.7 Å². The van der Waals surface area contributed by atoms with Gasteiger partial charge in [0.05, 0.1) is 10.5 Å². The Balaban J connectivity index is 2.87. The van der Waals surface area contributed by atoms with E-state index in [-0.39, 0.29) is 5.75 Å². The highest BCUT2D eigenvalue weighted by molar-refractivity contribution is 7.92. The van der Waals surface area contributed by atoms with Crippen LogP contribution in [0.15, 0.2) is 0 Å². The molecule has 0 radical (unpaired) electrons. The van der Waals surface area contributed by atoms with Crippen LogP contribution in [-0.2, 0) is 14.6 Å². The van der Waals surface area contributed by atoms with Crippen molar-refractivity contribution in [3.8, 4) is 0 Å².